The fourth-order valence-electron chi connectivity index (χ4n) is 4.01. The lowest BCUT2D eigenvalue weighted by molar-refractivity contribution is 0.393. The second kappa shape index (κ2) is 7.70. The number of pyridine rings is 2. The molecule has 0 unspecified atom stereocenters. The zero-order valence-electron chi connectivity index (χ0n) is 17.7. The molecule has 8 heteroatoms. The molecule has 5 rings (SSSR count). The molecule has 0 aliphatic rings. The maximum Gasteiger partial charge on any atom is 0.169 e. The van der Waals surface area contributed by atoms with Gasteiger partial charge >= 0.3 is 0 Å². The van der Waals surface area contributed by atoms with E-state index in [2.05, 4.69) is 14.7 Å². The highest BCUT2D eigenvalue weighted by Gasteiger charge is 2.20. The first kappa shape index (κ1) is 19.6. The van der Waals surface area contributed by atoms with Crippen LogP contribution in [0.2, 0.25) is 0 Å². The van der Waals surface area contributed by atoms with E-state index in [0.717, 1.165) is 61.1 Å². The number of thioether (sulfide) groups is 1. The second-order valence-corrected chi connectivity index (χ2v) is 8.04. The fourth-order valence-corrected chi connectivity index (χ4v) is 4.57. The molecule has 0 amide bonds. The van der Waals surface area contributed by atoms with Crippen LogP contribution in [0.1, 0.15) is 17.1 Å². The number of ether oxygens (including phenoxy) is 1. The third-order valence-corrected chi connectivity index (χ3v) is 6.07. The van der Waals surface area contributed by atoms with E-state index in [-0.39, 0.29) is 0 Å². The van der Waals surface area contributed by atoms with E-state index in [9.17, 15) is 0 Å². The van der Waals surface area contributed by atoms with Gasteiger partial charge in [0.2, 0.25) is 0 Å². The maximum atomic E-state index is 5.78. The van der Waals surface area contributed by atoms with Crippen LogP contribution in [0, 0.1) is 13.8 Å². The van der Waals surface area contributed by atoms with E-state index >= 15 is 0 Å². The Bertz CT molecular complexity index is 1390. The lowest BCUT2D eigenvalue weighted by Crippen LogP contribution is -2.03. The third-order valence-electron chi connectivity index (χ3n) is 5.39. The molecule has 7 nitrogen and oxygen atoms in total. The Morgan fingerprint density at radius 2 is 2.00 bits per heavy atom. The Labute approximate surface area is 183 Å². The van der Waals surface area contributed by atoms with E-state index in [4.69, 9.17) is 19.2 Å². The summed E-state index contributed by atoms with van der Waals surface area (Å²) >= 11 is 1.61. The molecule has 4 heterocycles. The first-order valence-electron chi connectivity index (χ1n) is 9.84. The fraction of sp³-hybridized carbons (Fsp3) is 0.217. The van der Waals surface area contributed by atoms with Gasteiger partial charge in [-0.25, -0.2) is 4.98 Å². The molecule has 0 bridgehead atoms. The Morgan fingerprint density at radius 3 is 2.68 bits per heavy atom. The molecule has 156 valence electrons. The van der Waals surface area contributed by atoms with Crippen LogP contribution in [0.25, 0.3) is 33.1 Å². The van der Waals surface area contributed by atoms with Crippen LogP contribution in [0.4, 0.5) is 0 Å². The molecule has 31 heavy (non-hydrogen) atoms. The van der Waals surface area contributed by atoms with Crippen LogP contribution in [-0.4, -0.2) is 38.0 Å². The van der Waals surface area contributed by atoms with Crippen molar-refractivity contribution in [2.45, 2.75) is 25.5 Å². The van der Waals surface area contributed by atoms with Crippen LogP contribution in [0.3, 0.4) is 0 Å². The van der Waals surface area contributed by atoms with Gasteiger partial charge in [-0.1, -0.05) is 23.0 Å². The normalized spacial score (nSPS) is 11.5. The quantitative estimate of drug-likeness (QED) is 0.361. The number of benzene rings is 1. The van der Waals surface area contributed by atoms with Gasteiger partial charge in [-0.3, -0.25) is 9.97 Å². The predicted molar refractivity (Wildman–Crippen MR) is 122 cm³/mol. The van der Waals surface area contributed by atoms with Crippen molar-refractivity contribution in [3.8, 4) is 16.9 Å². The molecular weight excluding hydrogens is 410 g/mol. The van der Waals surface area contributed by atoms with Crippen LogP contribution in [0.15, 0.2) is 52.4 Å². The summed E-state index contributed by atoms with van der Waals surface area (Å²) in [6, 6.07) is 10.0. The third kappa shape index (κ3) is 3.23. The Hall–Kier alpha value is -3.39. The minimum Gasteiger partial charge on any atom is -0.496 e. The van der Waals surface area contributed by atoms with Crippen molar-refractivity contribution in [3.05, 3.63) is 59.9 Å². The van der Waals surface area contributed by atoms with Crippen molar-refractivity contribution < 1.29 is 9.26 Å². The smallest absolute Gasteiger partial charge is 0.169 e. The van der Waals surface area contributed by atoms with E-state index < -0.39 is 0 Å². The van der Waals surface area contributed by atoms with Crippen LogP contribution in [-0.2, 0) is 6.54 Å². The van der Waals surface area contributed by atoms with Crippen LogP contribution < -0.4 is 4.74 Å². The molecule has 0 spiro atoms. The highest BCUT2D eigenvalue weighted by molar-refractivity contribution is 7.98. The molecule has 4 aromatic heterocycles. The largest absolute Gasteiger partial charge is 0.496 e. The van der Waals surface area contributed by atoms with Gasteiger partial charge in [0.15, 0.2) is 5.16 Å². The van der Waals surface area contributed by atoms with E-state index in [1.807, 2.05) is 62.8 Å². The van der Waals surface area contributed by atoms with Crippen LogP contribution in [0.5, 0.6) is 5.75 Å². The average Bonchev–Trinajstić information content (AvgIpc) is 3.32. The summed E-state index contributed by atoms with van der Waals surface area (Å²) in [5.74, 6) is 1.49. The monoisotopic (exact) mass is 431 g/mol. The van der Waals surface area contributed by atoms with Gasteiger partial charge in [0.25, 0.3) is 0 Å². The number of aryl methyl sites for hydroxylation is 2. The standard InChI is InChI=1S/C23H21N5O2S/c1-13-21(14(2)30-27-13)17-9-18-16(10-20(17)29-3)22-19(11-25-18)26-23(31-4)28(22)12-15-7-5-6-8-24-15/h5-11H,12H2,1-4H3. The number of hydrogen-bond donors (Lipinski definition) is 0. The van der Waals surface area contributed by atoms with Gasteiger partial charge < -0.3 is 13.8 Å². The summed E-state index contributed by atoms with van der Waals surface area (Å²) in [6.45, 7) is 4.46. The van der Waals surface area contributed by atoms with Gasteiger partial charge in [-0.2, -0.15) is 0 Å². The molecule has 1 aromatic carbocycles. The summed E-state index contributed by atoms with van der Waals surface area (Å²) < 4.78 is 13.4. The van der Waals surface area contributed by atoms with Gasteiger partial charge in [-0.05, 0) is 44.4 Å². The number of methoxy groups -OCH3 is 1. The first-order chi connectivity index (χ1) is 15.1. The number of hydrogen-bond acceptors (Lipinski definition) is 7. The number of imidazole rings is 1. The molecule has 0 aliphatic heterocycles. The maximum absolute atomic E-state index is 5.78. The van der Waals surface area contributed by atoms with Gasteiger partial charge in [0, 0.05) is 17.1 Å². The van der Waals surface area contributed by atoms with Crippen molar-refractivity contribution in [2.24, 2.45) is 0 Å². The topological polar surface area (TPSA) is 78.9 Å². The molecule has 5 aromatic rings. The molecule has 0 saturated carbocycles. The van der Waals surface area contributed by atoms with Crippen molar-refractivity contribution in [3.63, 3.8) is 0 Å². The molecule has 0 N–H and O–H groups in total. The van der Waals surface area contributed by atoms with E-state index in [1.165, 1.54) is 0 Å². The summed E-state index contributed by atoms with van der Waals surface area (Å²) in [7, 11) is 1.68. The van der Waals surface area contributed by atoms with Crippen molar-refractivity contribution >= 4 is 33.7 Å². The summed E-state index contributed by atoms with van der Waals surface area (Å²) in [5, 5.41) is 6.00. The number of rotatable bonds is 5. The molecular formula is C23H21N5O2S. The zero-order chi connectivity index (χ0) is 21.5. The summed E-state index contributed by atoms with van der Waals surface area (Å²) in [4.78, 5) is 14.0. The Balaban J connectivity index is 1.79. The van der Waals surface area contributed by atoms with E-state index in [0.29, 0.717) is 6.54 Å². The SMILES string of the molecule is COc1cc2c(cc1-c1c(C)noc1C)ncc1nc(SC)n(Cc3ccccn3)c12. The number of nitrogens with zero attached hydrogens (tertiary/aromatic N) is 5. The minimum atomic E-state index is 0.626. The van der Waals surface area contributed by atoms with Gasteiger partial charge in [-0.15, -0.1) is 0 Å². The second-order valence-electron chi connectivity index (χ2n) is 7.27. The predicted octanol–water partition coefficient (Wildman–Crippen LogP) is 5.03. The Kier molecular flexibility index (Phi) is 4.86. The first-order valence-corrected chi connectivity index (χ1v) is 11.1. The molecule has 0 saturated heterocycles. The van der Waals surface area contributed by atoms with Crippen molar-refractivity contribution in [1.82, 2.24) is 24.7 Å². The zero-order valence-corrected chi connectivity index (χ0v) is 18.5. The summed E-state index contributed by atoms with van der Waals surface area (Å²) in [5.41, 5.74) is 6.37. The Morgan fingerprint density at radius 1 is 1.13 bits per heavy atom. The lowest BCUT2D eigenvalue weighted by Gasteiger charge is -2.12. The number of fused-ring (bicyclic) bond motifs is 3. The van der Waals surface area contributed by atoms with Gasteiger partial charge in [0.1, 0.15) is 17.0 Å². The van der Waals surface area contributed by atoms with Crippen molar-refractivity contribution in [2.75, 3.05) is 13.4 Å². The minimum absolute atomic E-state index is 0.626. The van der Waals surface area contributed by atoms with Gasteiger partial charge in [0.05, 0.1) is 47.8 Å². The van der Waals surface area contributed by atoms with E-state index in [1.54, 1.807) is 18.9 Å². The molecule has 0 atom stereocenters. The molecule has 0 fully saturated rings. The van der Waals surface area contributed by atoms with Crippen molar-refractivity contribution in [1.29, 1.82) is 0 Å². The molecule has 0 radical (unpaired) electrons. The number of aromatic nitrogens is 5. The summed E-state index contributed by atoms with van der Waals surface area (Å²) in [6.07, 6.45) is 5.67. The van der Waals surface area contributed by atoms with Crippen LogP contribution >= 0.6 is 11.8 Å². The molecule has 0 aliphatic carbocycles. The average molecular weight is 432 g/mol. The highest BCUT2D eigenvalue weighted by atomic mass is 32.2. The lowest BCUT2D eigenvalue weighted by atomic mass is 10.0. The highest BCUT2D eigenvalue weighted by Crippen LogP contribution is 2.39.